The SMILES string of the molecule is Nc1nc2c(c(=O)n1C(=O)COc1ccccc1)N=C[N]2. The van der Waals surface area contributed by atoms with Gasteiger partial charge in [0.05, 0.1) is 0 Å². The van der Waals surface area contributed by atoms with Gasteiger partial charge >= 0.3 is 0 Å². The van der Waals surface area contributed by atoms with E-state index in [-0.39, 0.29) is 24.1 Å². The zero-order chi connectivity index (χ0) is 14.8. The van der Waals surface area contributed by atoms with Crippen molar-refractivity contribution in [2.45, 2.75) is 0 Å². The largest absolute Gasteiger partial charge is 0.484 e. The molecule has 0 saturated heterocycles. The summed E-state index contributed by atoms with van der Waals surface area (Å²) in [6, 6.07) is 8.76. The number of rotatable bonds is 3. The van der Waals surface area contributed by atoms with E-state index in [0.717, 1.165) is 4.57 Å². The fourth-order valence-electron chi connectivity index (χ4n) is 1.83. The Morgan fingerprint density at radius 1 is 1.29 bits per heavy atom. The molecule has 2 N–H and O–H groups in total. The molecule has 8 heteroatoms. The van der Waals surface area contributed by atoms with E-state index in [1.807, 2.05) is 6.07 Å². The Morgan fingerprint density at radius 2 is 2.05 bits per heavy atom. The molecule has 2 heterocycles. The van der Waals surface area contributed by atoms with Gasteiger partial charge in [0.1, 0.15) is 12.1 Å². The summed E-state index contributed by atoms with van der Waals surface area (Å²) in [4.78, 5) is 31.9. The number of aliphatic imine (C=N–C) groups is 1. The lowest BCUT2D eigenvalue weighted by Crippen LogP contribution is -2.33. The second kappa shape index (κ2) is 5.08. The Labute approximate surface area is 118 Å². The van der Waals surface area contributed by atoms with Crippen LogP contribution < -0.4 is 21.3 Å². The number of carbonyl (C=O) groups is 1. The molecular formula is C13H10N5O3. The molecule has 105 valence electrons. The van der Waals surface area contributed by atoms with Gasteiger partial charge in [0.2, 0.25) is 5.95 Å². The van der Waals surface area contributed by atoms with E-state index in [4.69, 9.17) is 10.5 Å². The molecule has 0 fully saturated rings. The summed E-state index contributed by atoms with van der Waals surface area (Å²) < 4.78 is 6.03. The summed E-state index contributed by atoms with van der Waals surface area (Å²) in [5, 5.41) is 3.78. The minimum atomic E-state index is -0.656. The van der Waals surface area contributed by atoms with Gasteiger partial charge in [-0.2, -0.15) is 4.98 Å². The van der Waals surface area contributed by atoms with Crippen molar-refractivity contribution >= 4 is 29.7 Å². The first kappa shape index (κ1) is 12.9. The molecule has 1 aliphatic heterocycles. The number of nitrogen functional groups attached to an aromatic ring is 1. The third-order valence-corrected chi connectivity index (χ3v) is 2.79. The Morgan fingerprint density at radius 3 is 2.81 bits per heavy atom. The third kappa shape index (κ3) is 2.34. The van der Waals surface area contributed by atoms with Gasteiger partial charge in [-0.3, -0.25) is 9.59 Å². The standard InChI is InChI=1S/C13H10N5O3/c14-13-17-11-10(15-7-16-11)12(20)18(13)9(19)6-21-8-4-2-1-3-5-8/h1-5,7H,6H2,(H2,14,17). The lowest BCUT2D eigenvalue weighted by Gasteiger charge is -2.09. The van der Waals surface area contributed by atoms with Gasteiger partial charge in [0.15, 0.2) is 18.1 Å². The number of hydrogen-bond acceptors (Lipinski definition) is 6. The van der Waals surface area contributed by atoms with E-state index in [0.29, 0.717) is 5.75 Å². The fourth-order valence-corrected chi connectivity index (χ4v) is 1.83. The van der Waals surface area contributed by atoms with Crippen LogP contribution in [0.1, 0.15) is 4.79 Å². The number of aromatic nitrogens is 2. The monoisotopic (exact) mass is 284 g/mol. The molecule has 1 radical (unpaired) electrons. The van der Waals surface area contributed by atoms with Crippen molar-refractivity contribution in [1.82, 2.24) is 14.9 Å². The normalized spacial score (nSPS) is 11.8. The molecule has 0 aliphatic carbocycles. The minimum absolute atomic E-state index is 0.00254. The van der Waals surface area contributed by atoms with Crippen molar-refractivity contribution in [2.75, 3.05) is 12.3 Å². The molecule has 3 rings (SSSR count). The minimum Gasteiger partial charge on any atom is -0.484 e. The number of anilines is 1. The molecule has 0 bridgehead atoms. The van der Waals surface area contributed by atoms with Crippen LogP contribution in [0.2, 0.25) is 0 Å². The van der Waals surface area contributed by atoms with Crippen LogP contribution in [0, 0.1) is 0 Å². The maximum Gasteiger partial charge on any atom is 0.290 e. The highest BCUT2D eigenvalue weighted by atomic mass is 16.5. The molecule has 1 aromatic heterocycles. The second-order valence-electron chi connectivity index (χ2n) is 4.15. The number of fused-ring (bicyclic) bond motifs is 1. The molecule has 0 amide bonds. The Kier molecular flexibility index (Phi) is 3.11. The van der Waals surface area contributed by atoms with E-state index in [2.05, 4.69) is 15.3 Å². The van der Waals surface area contributed by atoms with Gasteiger partial charge < -0.3 is 10.5 Å². The Bertz CT molecular complexity index is 782. The zero-order valence-electron chi connectivity index (χ0n) is 10.8. The van der Waals surface area contributed by atoms with Gasteiger partial charge in [-0.15, -0.1) is 0 Å². The van der Waals surface area contributed by atoms with Crippen molar-refractivity contribution < 1.29 is 9.53 Å². The maximum absolute atomic E-state index is 12.1. The lowest BCUT2D eigenvalue weighted by molar-refractivity contribution is 0.0835. The first-order valence-corrected chi connectivity index (χ1v) is 6.04. The van der Waals surface area contributed by atoms with Crippen LogP contribution in [-0.4, -0.2) is 28.4 Å². The topological polar surface area (TPSA) is 114 Å². The molecule has 8 nitrogen and oxygen atoms in total. The van der Waals surface area contributed by atoms with Crippen molar-refractivity contribution in [2.24, 2.45) is 4.99 Å². The molecule has 0 unspecified atom stereocenters. The molecular weight excluding hydrogens is 274 g/mol. The fraction of sp³-hybridized carbons (Fsp3) is 0.0769. The van der Waals surface area contributed by atoms with Gasteiger partial charge in [0.25, 0.3) is 11.5 Å². The van der Waals surface area contributed by atoms with Crippen LogP contribution >= 0.6 is 0 Å². The highest BCUT2D eigenvalue weighted by Crippen LogP contribution is 2.22. The van der Waals surface area contributed by atoms with Crippen LogP contribution in [0.5, 0.6) is 5.75 Å². The summed E-state index contributed by atoms with van der Waals surface area (Å²) in [7, 11) is 0. The summed E-state index contributed by atoms with van der Waals surface area (Å²) in [5.74, 6) is -0.237. The van der Waals surface area contributed by atoms with Crippen LogP contribution in [0.4, 0.5) is 17.5 Å². The van der Waals surface area contributed by atoms with Crippen molar-refractivity contribution in [3.63, 3.8) is 0 Å². The van der Waals surface area contributed by atoms with Crippen molar-refractivity contribution in [3.8, 4) is 5.75 Å². The van der Waals surface area contributed by atoms with E-state index in [9.17, 15) is 9.59 Å². The molecule has 1 aliphatic rings. The molecule has 1 aromatic carbocycles. The Balaban J connectivity index is 1.85. The number of ether oxygens (including phenoxy) is 1. The number of nitrogens with two attached hydrogens (primary N) is 1. The summed E-state index contributed by atoms with van der Waals surface area (Å²) >= 11 is 0. The van der Waals surface area contributed by atoms with Crippen LogP contribution in [0.15, 0.2) is 40.1 Å². The predicted octanol–water partition coefficient (Wildman–Crippen LogP) is 0.454. The number of carbonyl (C=O) groups excluding carboxylic acids is 1. The van der Waals surface area contributed by atoms with Gasteiger partial charge in [0, 0.05) is 0 Å². The quantitative estimate of drug-likeness (QED) is 0.879. The number of para-hydroxylation sites is 1. The molecule has 0 spiro atoms. The van der Waals surface area contributed by atoms with Gasteiger partial charge in [-0.1, -0.05) is 18.2 Å². The van der Waals surface area contributed by atoms with Crippen LogP contribution in [0.3, 0.4) is 0 Å². The van der Waals surface area contributed by atoms with E-state index < -0.39 is 11.5 Å². The smallest absolute Gasteiger partial charge is 0.290 e. The van der Waals surface area contributed by atoms with Crippen LogP contribution in [-0.2, 0) is 0 Å². The summed E-state index contributed by atoms with van der Waals surface area (Å²) in [6.07, 6.45) is 1.19. The Hall–Kier alpha value is -3.16. The first-order chi connectivity index (χ1) is 10.2. The summed E-state index contributed by atoms with van der Waals surface area (Å²) in [5.41, 5.74) is 4.97. The number of benzene rings is 1. The van der Waals surface area contributed by atoms with E-state index in [1.54, 1.807) is 24.3 Å². The highest BCUT2D eigenvalue weighted by molar-refractivity contribution is 5.86. The third-order valence-electron chi connectivity index (χ3n) is 2.79. The second-order valence-corrected chi connectivity index (χ2v) is 4.15. The van der Waals surface area contributed by atoms with Crippen molar-refractivity contribution in [1.29, 1.82) is 0 Å². The average molecular weight is 284 g/mol. The summed E-state index contributed by atoms with van der Waals surface area (Å²) in [6.45, 7) is -0.338. The molecule has 0 atom stereocenters. The van der Waals surface area contributed by atoms with E-state index >= 15 is 0 Å². The number of nitrogens with zero attached hydrogens (tertiary/aromatic N) is 4. The average Bonchev–Trinajstić information content (AvgIpc) is 2.94. The van der Waals surface area contributed by atoms with Crippen LogP contribution in [0.25, 0.3) is 0 Å². The zero-order valence-corrected chi connectivity index (χ0v) is 10.8. The maximum atomic E-state index is 12.1. The highest BCUT2D eigenvalue weighted by Gasteiger charge is 2.22. The van der Waals surface area contributed by atoms with Crippen molar-refractivity contribution in [3.05, 3.63) is 40.7 Å². The molecule has 21 heavy (non-hydrogen) atoms. The molecule has 2 aromatic rings. The number of hydrogen-bond donors (Lipinski definition) is 1. The predicted molar refractivity (Wildman–Crippen MR) is 75.4 cm³/mol. The first-order valence-electron chi connectivity index (χ1n) is 6.04. The lowest BCUT2D eigenvalue weighted by atomic mass is 10.3. The van der Waals surface area contributed by atoms with Gasteiger partial charge in [-0.05, 0) is 12.1 Å². The molecule has 0 saturated carbocycles. The van der Waals surface area contributed by atoms with Gasteiger partial charge in [-0.25, -0.2) is 14.9 Å². The van der Waals surface area contributed by atoms with E-state index in [1.165, 1.54) is 6.34 Å².